The summed E-state index contributed by atoms with van der Waals surface area (Å²) in [5.74, 6) is 0. The second kappa shape index (κ2) is 7.34. The van der Waals surface area contributed by atoms with Crippen LogP contribution in [0.15, 0.2) is 0 Å². The number of nitrogens with one attached hydrogen (secondary N) is 1. The maximum Gasteiger partial charge on any atom is 0.0330 e. The van der Waals surface area contributed by atoms with E-state index in [-0.39, 0.29) is 0 Å². The summed E-state index contributed by atoms with van der Waals surface area (Å²) in [5, 5.41) is 3.38. The van der Waals surface area contributed by atoms with Crippen LogP contribution in [0.1, 0.15) is 39.0 Å². The molecule has 0 amide bonds. The zero-order chi connectivity index (χ0) is 12.7. The number of nitrogens with zero attached hydrogens (tertiary/aromatic N) is 2. The van der Waals surface area contributed by atoms with Crippen LogP contribution in [-0.2, 0) is 0 Å². The second-order valence-electron chi connectivity index (χ2n) is 5.77. The van der Waals surface area contributed by atoms with Crippen molar-refractivity contribution in [1.29, 1.82) is 0 Å². The first-order valence-electron chi connectivity index (χ1n) is 7.17. The van der Waals surface area contributed by atoms with E-state index in [1.165, 1.54) is 51.7 Å². The summed E-state index contributed by atoms with van der Waals surface area (Å²) in [6.07, 6.45) is 6.77. The Morgan fingerprint density at radius 2 is 1.82 bits per heavy atom. The van der Waals surface area contributed by atoms with Gasteiger partial charge in [-0.25, -0.2) is 0 Å². The molecule has 0 atom stereocenters. The molecule has 1 N–H and O–H groups in total. The Labute approximate surface area is 108 Å². The summed E-state index contributed by atoms with van der Waals surface area (Å²) in [5.41, 5.74) is 0.483. The molecule has 1 saturated carbocycles. The van der Waals surface area contributed by atoms with Crippen LogP contribution in [0, 0.1) is 0 Å². The summed E-state index contributed by atoms with van der Waals surface area (Å²) in [6.45, 7) is 6.91. The highest BCUT2D eigenvalue weighted by Crippen LogP contribution is 2.36. The molecule has 0 bridgehead atoms. The van der Waals surface area contributed by atoms with Crippen LogP contribution in [0.5, 0.6) is 0 Å². The molecule has 0 heterocycles. The molecular weight excluding hydrogens is 210 g/mol. The van der Waals surface area contributed by atoms with Gasteiger partial charge < -0.3 is 15.1 Å². The van der Waals surface area contributed by atoms with Crippen LogP contribution in [0.3, 0.4) is 0 Å². The lowest BCUT2D eigenvalue weighted by Gasteiger charge is -2.49. The van der Waals surface area contributed by atoms with Crippen molar-refractivity contribution in [3.63, 3.8) is 0 Å². The molecule has 3 nitrogen and oxygen atoms in total. The highest BCUT2D eigenvalue weighted by atomic mass is 15.2. The van der Waals surface area contributed by atoms with E-state index < -0.39 is 0 Å². The van der Waals surface area contributed by atoms with E-state index in [4.69, 9.17) is 0 Å². The molecule has 102 valence electrons. The number of likely N-dealkylation sites (N-methyl/N-ethyl adjacent to an activating group) is 2. The maximum atomic E-state index is 3.38. The summed E-state index contributed by atoms with van der Waals surface area (Å²) >= 11 is 0. The molecule has 0 unspecified atom stereocenters. The smallest absolute Gasteiger partial charge is 0.0330 e. The lowest BCUT2D eigenvalue weighted by Crippen LogP contribution is -2.56. The van der Waals surface area contributed by atoms with Crippen molar-refractivity contribution in [2.75, 3.05) is 47.3 Å². The maximum absolute atomic E-state index is 3.38. The Morgan fingerprint density at radius 1 is 1.12 bits per heavy atom. The molecule has 0 aromatic rings. The van der Waals surface area contributed by atoms with Crippen molar-refractivity contribution in [2.45, 2.75) is 44.6 Å². The van der Waals surface area contributed by atoms with Gasteiger partial charge in [-0.15, -0.1) is 0 Å². The van der Waals surface area contributed by atoms with Crippen molar-refractivity contribution in [3.05, 3.63) is 0 Å². The van der Waals surface area contributed by atoms with Gasteiger partial charge in [-0.3, -0.25) is 0 Å². The van der Waals surface area contributed by atoms with Gasteiger partial charge in [0.15, 0.2) is 0 Å². The Morgan fingerprint density at radius 3 is 2.29 bits per heavy atom. The van der Waals surface area contributed by atoms with E-state index >= 15 is 0 Å². The number of rotatable bonds is 9. The second-order valence-corrected chi connectivity index (χ2v) is 5.77. The molecular formula is C14H31N3. The minimum absolute atomic E-state index is 0.483. The minimum atomic E-state index is 0.483. The van der Waals surface area contributed by atoms with Gasteiger partial charge in [0.05, 0.1) is 0 Å². The van der Waals surface area contributed by atoms with Gasteiger partial charge in [0.1, 0.15) is 0 Å². The predicted molar refractivity (Wildman–Crippen MR) is 75.5 cm³/mol. The molecule has 0 saturated heterocycles. The fourth-order valence-electron chi connectivity index (χ4n) is 2.72. The standard InChI is InChI=1S/C14H31N3/c1-5-15-11-6-7-12-17(4)13-14(16(2)3)9-8-10-14/h15H,5-13H2,1-4H3. The highest BCUT2D eigenvalue weighted by Gasteiger charge is 2.39. The third-order valence-electron chi connectivity index (χ3n) is 4.19. The highest BCUT2D eigenvalue weighted by molar-refractivity contribution is 4.97. The Kier molecular flexibility index (Phi) is 6.45. The lowest BCUT2D eigenvalue weighted by atomic mass is 9.75. The Hall–Kier alpha value is -0.120. The van der Waals surface area contributed by atoms with Crippen LogP contribution < -0.4 is 5.32 Å². The number of hydrogen-bond donors (Lipinski definition) is 1. The van der Waals surface area contributed by atoms with E-state index in [1.807, 2.05) is 0 Å². The van der Waals surface area contributed by atoms with Crippen LogP contribution in [0.4, 0.5) is 0 Å². The molecule has 0 aliphatic heterocycles. The number of unbranched alkanes of at least 4 members (excludes halogenated alkanes) is 1. The summed E-state index contributed by atoms with van der Waals surface area (Å²) in [6, 6.07) is 0. The Bertz CT molecular complexity index is 200. The quantitative estimate of drug-likeness (QED) is 0.621. The third kappa shape index (κ3) is 4.57. The summed E-state index contributed by atoms with van der Waals surface area (Å²) < 4.78 is 0. The van der Waals surface area contributed by atoms with E-state index in [2.05, 4.69) is 43.2 Å². The van der Waals surface area contributed by atoms with Gasteiger partial charge in [0.2, 0.25) is 0 Å². The average molecular weight is 241 g/mol. The first kappa shape index (κ1) is 14.9. The van der Waals surface area contributed by atoms with Gasteiger partial charge in [-0.05, 0) is 72.9 Å². The third-order valence-corrected chi connectivity index (χ3v) is 4.19. The van der Waals surface area contributed by atoms with Crippen LogP contribution >= 0.6 is 0 Å². The van der Waals surface area contributed by atoms with Crippen molar-refractivity contribution in [2.24, 2.45) is 0 Å². The molecule has 0 spiro atoms. The van der Waals surface area contributed by atoms with E-state index in [0.29, 0.717) is 5.54 Å². The largest absolute Gasteiger partial charge is 0.317 e. The molecule has 1 rings (SSSR count). The summed E-state index contributed by atoms with van der Waals surface area (Å²) in [4.78, 5) is 4.96. The molecule has 0 radical (unpaired) electrons. The van der Waals surface area contributed by atoms with Gasteiger partial charge in [-0.1, -0.05) is 6.92 Å². The average Bonchev–Trinajstić information content (AvgIpc) is 2.22. The topological polar surface area (TPSA) is 18.5 Å². The number of hydrogen-bond acceptors (Lipinski definition) is 3. The van der Waals surface area contributed by atoms with Crippen molar-refractivity contribution in [1.82, 2.24) is 15.1 Å². The van der Waals surface area contributed by atoms with Crippen LogP contribution in [0.25, 0.3) is 0 Å². The van der Waals surface area contributed by atoms with Gasteiger partial charge in [-0.2, -0.15) is 0 Å². The fourth-order valence-corrected chi connectivity index (χ4v) is 2.72. The monoisotopic (exact) mass is 241 g/mol. The first-order valence-corrected chi connectivity index (χ1v) is 7.17. The van der Waals surface area contributed by atoms with Crippen LogP contribution in [0.2, 0.25) is 0 Å². The molecule has 0 aromatic heterocycles. The minimum Gasteiger partial charge on any atom is -0.317 e. The van der Waals surface area contributed by atoms with E-state index in [9.17, 15) is 0 Å². The zero-order valence-electron chi connectivity index (χ0n) is 12.3. The molecule has 0 aromatic carbocycles. The van der Waals surface area contributed by atoms with E-state index in [0.717, 1.165) is 6.54 Å². The molecule has 1 aliphatic carbocycles. The first-order chi connectivity index (χ1) is 8.10. The predicted octanol–water partition coefficient (Wildman–Crippen LogP) is 1.79. The zero-order valence-corrected chi connectivity index (χ0v) is 12.3. The normalized spacial score (nSPS) is 18.7. The van der Waals surface area contributed by atoms with Gasteiger partial charge in [0.25, 0.3) is 0 Å². The van der Waals surface area contributed by atoms with Crippen LogP contribution in [-0.4, -0.2) is 62.7 Å². The molecule has 3 heteroatoms. The lowest BCUT2D eigenvalue weighted by molar-refractivity contribution is 0.0275. The SMILES string of the molecule is CCNCCCCN(C)CC1(N(C)C)CCC1. The van der Waals surface area contributed by atoms with Gasteiger partial charge >= 0.3 is 0 Å². The fraction of sp³-hybridized carbons (Fsp3) is 1.00. The van der Waals surface area contributed by atoms with Crippen molar-refractivity contribution < 1.29 is 0 Å². The van der Waals surface area contributed by atoms with Crippen molar-refractivity contribution in [3.8, 4) is 0 Å². The summed E-state index contributed by atoms with van der Waals surface area (Å²) in [7, 11) is 6.74. The molecule has 1 aliphatic rings. The Balaban J connectivity index is 2.13. The van der Waals surface area contributed by atoms with E-state index in [1.54, 1.807) is 0 Å². The van der Waals surface area contributed by atoms with Crippen molar-refractivity contribution >= 4 is 0 Å². The molecule has 1 fully saturated rings. The molecule has 17 heavy (non-hydrogen) atoms. The van der Waals surface area contributed by atoms with Gasteiger partial charge in [0, 0.05) is 12.1 Å².